The van der Waals surface area contributed by atoms with E-state index < -0.39 is 0 Å². The number of aryl methyl sites for hydroxylation is 1. The van der Waals surface area contributed by atoms with Crippen LogP contribution in [-0.4, -0.2) is 22.7 Å². The molecule has 0 amide bonds. The van der Waals surface area contributed by atoms with Gasteiger partial charge in [-0.05, 0) is 43.7 Å². The molecule has 1 heterocycles. The molecular weight excluding hydrogens is 200 g/mol. The van der Waals surface area contributed by atoms with Gasteiger partial charge in [0.1, 0.15) is 0 Å². The second kappa shape index (κ2) is 5.41. The molecule has 16 heavy (non-hydrogen) atoms. The first-order chi connectivity index (χ1) is 7.79. The Labute approximate surface area is 96.9 Å². The van der Waals surface area contributed by atoms with Gasteiger partial charge in [0.15, 0.2) is 0 Å². The summed E-state index contributed by atoms with van der Waals surface area (Å²) in [5.74, 6) is 0.776. The van der Waals surface area contributed by atoms with Crippen LogP contribution in [0, 0.1) is 12.8 Å². The van der Waals surface area contributed by atoms with E-state index in [1.54, 1.807) is 0 Å². The Morgan fingerprint density at radius 3 is 2.88 bits per heavy atom. The minimum Gasteiger partial charge on any atom is -0.396 e. The number of aromatic nitrogens is 1. The van der Waals surface area contributed by atoms with Crippen molar-refractivity contribution in [3.8, 4) is 0 Å². The van der Waals surface area contributed by atoms with Crippen molar-refractivity contribution in [2.45, 2.75) is 38.8 Å². The summed E-state index contributed by atoms with van der Waals surface area (Å²) in [5, 5.41) is 12.5. The third-order valence-corrected chi connectivity index (χ3v) is 3.15. The molecule has 3 nitrogen and oxygen atoms in total. The molecule has 0 aromatic carbocycles. The lowest BCUT2D eigenvalue weighted by molar-refractivity contribution is 0.255. The zero-order valence-electron chi connectivity index (χ0n) is 9.82. The molecule has 1 saturated carbocycles. The van der Waals surface area contributed by atoms with Gasteiger partial charge in [0.05, 0.1) is 5.69 Å². The standard InChI is InChI=1S/C13H20N2O/c1-10-2-5-12(14-8-10)9-15-13(6-7-16)11-3-4-11/h2,5,8,11,13,15-16H,3-4,6-7,9H2,1H3. The van der Waals surface area contributed by atoms with Gasteiger partial charge in [0, 0.05) is 25.4 Å². The van der Waals surface area contributed by atoms with Crippen LogP contribution in [0.2, 0.25) is 0 Å². The maximum absolute atomic E-state index is 8.99. The molecule has 88 valence electrons. The third kappa shape index (κ3) is 3.29. The highest BCUT2D eigenvalue weighted by atomic mass is 16.3. The molecule has 0 bridgehead atoms. The summed E-state index contributed by atoms with van der Waals surface area (Å²) in [7, 11) is 0. The van der Waals surface area contributed by atoms with Gasteiger partial charge in [-0.1, -0.05) is 6.07 Å². The average molecular weight is 220 g/mol. The molecule has 3 heteroatoms. The quantitative estimate of drug-likeness (QED) is 0.766. The van der Waals surface area contributed by atoms with Crippen LogP contribution in [0.5, 0.6) is 0 Å². The number of hydrogen-bond donors (Lipinski definition) is 2. The van der Waals surface area contributed by atoms with E-state index in [4.69, 9.17) is 5.11 Å². The lowest BCUT2D eigenvalue weighted by Crippen LogP contribution is -2.31. The molecule has 1 aliphatic carbocycles. The molecule has 1 aliphatic rings. The predicted octanol–water partition coefficient (Wildman–Crippen LogP) is 1.64. The lowest BCUT2D eigenvalue weighted by Gasteiger charge is -2.16. The number of aliphatic hydroxyl groups excluding tert-OH is 1. The Hall–Kier alpha value is -0.930. The number of pyridine rings is 1. The highest BCUT2D eigenvalue weighted by Crippen LogP contribution is 2.33. The van der Waals surface area contributed by atoms with Gasteiger partial charge in [-0.3, -0.25) is 4.98 Å². The number of nitrogens with zero attached hydrogens (tertiary/aromatic N) is 1. The summed E-state index contributed by atoms with van der Waals surface area (Å²) in [6.45, 7) is 3.12. The largest absolute Gasteiger partial charge is 0.396 e. The van der Waals surface area contributed by atoms with E-state index in [1.807, 2.05) is 13.1 Å². The number of hydrogen-bond acceptors (Lipinski definition) is 3. The first-order valence-corrected chi connectivity index (χ1v) is 6.05. The zero-order chi connectivity index (χ0) is 11.4. The SMILES string of the molecule is Cc1ccc(CNC(CCO)C2CC2)nc1. The summed E-state index contributed by atoms with van der Waals surface area (Å²) < 4.78 is 0. The first-order valence-electron chi connectivity index (χ1n) is 6.05. The second-order valence-electron chi connectivity index (χ2n) is 4.66. The maximum atomic E-state index is 8.99. The minimum atomic E-state index is 0.273. The summed E-state index contributed by atoms with van der Waals surface area (Å²) in [6, 6.07) is 4.61. The predicted molar refractivity (Wildman–Crippen MR) is 64.0 cm³/mol. The van der Waals surface area contributed by atoms with Gasteiger partial charge in [0.25, 0.3) is 0 Å². The Morgan fingerprint density at radius 2 is 2.31 bits per heavy atom. The van der Waals surface area contributed by atoms with E-state index >= 15 is 0 Å². The monoisotopic (exact) mass is 220 g/mol. The van der Waals surface area contributed by atoms with Crippen LogP contribution in [0.4, 0.5) is 0 Å². The molecular formula is C13H20N2O. The summed E-state index contributed by atoms with van der Waals surface area (Å²) in [4.78, 5) is 4.37. The van der Waals surface area contributed by atoms with Crippen LogP contribution in [-0.2, 0) is 6.54 Å². The average Bonchev–Trinajstić information content (AvgIpc) is 3.10. The zero-order valence-corrected chi connectivity index (χ0v) is 9.82. The fourth-order valence-electron chi connectivity index (χ4n) is 1.98. The van der Waals surface area contributed by atoms with E-state index in [2.05, 4.69) is 22.4 Å². The molecule has 0 aliphatic heterocycles. The van der Waals surface area contributed by atoms with Crippen molar-refractivity contribution < 1.29 is 5.11 Å². The van der Waals surface area contributed by atoms with Crippen LogP contribution < -0.4 is 5.32 Å². The van der Waals surface area contributed by atoms with Gasteiger partial charge >= 0.3 is 0 Å². The second-order valence-corrected chi connectivity index (χ2v) is 4.66. The van der Waals surface area contributed by atoms with Gasteiger partial charge in [0.2, 0.25) is 0 Å². The Balaban J connectivity index is 1.82. The topological polar surface area (TPSA) is 45.1 Å². The van der Waals surface area contributed by atoms with Crippen molar-refractivity contribution in [1.29, 1.82) is 0 Å². The third-order valence-electron chi connectivity index (χ3n) is 3.15. The highest BCUT2D eigenvalue weighted by Gasteiger charge is 2.30. The molecule has 1 aromatic rings. The molecule has 0 radical (unpaired) electrons. The maximum Gasteiger partial charge on any atom is 0.0541 e. The number of aliphatic hydroxyl groups is 1. The normalized spacial score (nSPS) is 17.4. The first kappa shape index (κ1) is 11.6. The summed E-state index contributed by atoms with van der Waals surface area (Å²) in [6.07, 6.45) is 5.36. The van der Waals surface area contributed by atoms with Crippen LogP contribution in [0.3, 0.4) is 0 Å². The van der Waals surface area contributed by atoms with Crippen molar-refractivity contribution in [1.82, 2.24) is 10.3 Å². The Morgan fingerprint density at radius 1 is 1.50 bits per heavy atom. The molecule has 0 spiro atoms. The van der Waals surface area contributed by atoms with E-state index in [0.717, 1.165) is 24.6 Å². The number of nitrogens with one attached hydrogen (secondary N) is 1. The van der Waals surface area contributed by atoms with E-state index in [1.165, 1.54) is 18.4 Å². The fourth-order valence-corrected chi connectivity index (χ4v) is 1.98. The fraction of sp³-hybridized carbons (Fsp3) is 0.615. The molecule has 2 N–H and O–H groups in total. The van der Waals surface area contributed by atoms with Gasteiger partial charge in [-0.25, -0.2) is 0 Å². The smallest absolute Gasteiger partial charge is 0.0541 e. The van der Waals surface area contributed by atoms with Crippen molar-refractivity contribution in [3.63, 3.8) is 0 Å². The molecule has 0 saturated heterocycles. The van der Waals surface area contributed by atoms with Crippen molar-refractivity contribution >= 4 is 0 Å². The lowest BCUT2D eigenvalue weighted by atomic mass is 10.1. The van der Waals surface area contributed by atoms with E-state index in [-0.39, 0.29) is 6.61 Å². The van der Waals surface area contributed by atoms with Crippen LogP contribution in [0.1, 0.15) is 30.5 Å². The molecule has 1 atom stereocenters. The summed E-state index contributed by atoms with van der Waals surface area (Å²) >= 11 is 0. The van der Waals surface area contributed by atoms with Crippen LogP contribution in [0.25, 0.3) is 0 Å². The molecule has 2 rings (SSSR count). The highest BCUT2D eigenvalue weighted by molar-refractivity contribution is 5.12. The van der Waals surface area contributed by atoms with Crippen molar-refractivity contribution in [2.24, 2.45) is 5.92 Å². The van der Waals surface area contributed by atoms with Crippen LogP contribution >= 0.6 is 0 Å². The molecule has 1 fully saturated rings. The molecule has 1 unspecified atom stereocenters. The Kier molecular flexibility index (Phi) is 3.91. The summed E-state index contributed by atoms with van der Waals surface area (Å²) in [5.41, 5.74) is 2.27. The number of rotatable bonds is 6. The van der Waals surface area contributed by atoms with E-state index in [0.29, 0.717) is 6.04 Å². The van der Waals surface area contributed by atoms with Crippen molar-refractivity contribution in [3.05, 3.63) is 29.6 Å². The minimum absolute atomic E-state index is 0.273. The van der Waals surface area contributed by atoms with E-state index in [9.17, 15) is 0 Å². The van der Waals surface area contributed by atoms with Crippen molar-refractivity contribution in [2.75, 3.05) is 6.61 Å². The van der Waals surface area contributed by atoms with Gasteiger partial charge < -0.3 is 10.4 Å². The van der Waals surface area contributed by atoms with Gasteiger partial charge in [-0.15, -0.1) is 0 Å². The van der Waals surface area contributed by atoms with Gasteiger partial charge in [-0.2, -0.15) is 0 Å². The Bertz CT molecular complexity index is 319. The molecule has 1 aromatic heterocycles. The van der Waals surface area contributed by atoms with Crippen LogP contribution in [0.15, 0.2) is 18.3 Å².